The number of halogens is 3. The van der Waals surface area contributed by atoms with Gasteiger partial charge in [-0.05, 0) is 75.9 Å². The van der Waals surface area contributed by atoms with Crippen LogP contribution in [0.2, 0.25) is 0 Å². The minimum atomic E-state index is -4.33. The summed E-state index contributed by atoms with van der Waals surface area (Å²) in [5.41, 5.74) is -1.71. The highest BCUT2D eigenvalue weighted by Crippen LogP contribution is 2.54. The van der Waals surface area contributed by atoms with Crippen LogP contribution in [0, 0.1) is 0 Å². The first-order valence-electron chi connectivity index (χ1n) is 11.4. The zero-order valence-electron chi connectivity index (χ0n) is 19.7. The van der Waals surface area contributed by atoms with E-state index in [9.17, 15) is 22.8 Å². The van der Waals surface area contributed by atoms with Crippen molar-refractivity contribution >= 4 is 23.4 Å². The fourth-order valence-electron chi connectivity index (χ4n) is 4.65. The maximum atomic E-state index is 13.7. The second-order valence-electron chi connectivity index (χ2n) is 9.90. The lowest BCUT2D eigenvalue weighted by Gasteiger charge is -2.43. The molecule has 1 aliphatic heterocycles. The molecule has 0 unspecified atom stereocenters. The Morgan fingerprint density at radius 1 is 1.09 bits per heavy atom. The molecule has 2 fully saturated rings. The Kier molecular flexibility index (Phi) is 5.86. The lowest BCUT2D eigenvalue weighted by atomic mass is 9.64. The lowest BCUT2D eigenvalue weighted by Crippen LogP contribution is -2.47. The van der Waals surface area contributed by atoms with E-state index >= 15 is 0 Å². The van der Waals surface area contributed by atoms with Gasteiger partial charge in [-0.2, -0.15) is 13.2 Å². The van der Waals surface area contributed by atoms with Crippen molar-refractivity contribution in [2.45, 2.75) is 76.7 Å². The van der Waals surface area contributed by atoms with Crippen molar-refractivity contribution in [2.75, 3.05) is 10.2 Å². The normalized spacial score (nSPS) is 19.5. The first-order chi connectivity index (χ1) is 15.9. The Hall–Kier alpha value is -3.10. The Morgan fingerprint density at radius 3 is 2.26 bits per heavy atom. The van der Waals surface area contributed by atoms with Gasteiger partial charge in [-0.1, -0.05) is 18.6 Å². The van der Waals surface area contributed by atoms with E-state index in [-0.39, 0.29) is 36.7 Å². The zero-order valence-corrected chi connectivity index (χ0v) is 19.7. The average molecular weight is 475 g/mol. The summed E-state index contributed by atoms with van der Waals surface area (Å²) in [6, 6.07) is 8.96. The van der Waals surface area contributed by atoms with E-state index in [0.29, 0.717) is 12.2 Å². The van der Waals surface area contributed by atoms with Crippen LogP contribution in [0.25, 0.3) is 0 Å². The van der Waals surface area contributed by atoms with E-state index in [1.807, 2.05) is 19.9 Å². The summed E-state index contributed by atoms with van der Waals surface area (Å²) in [4.78, 5) is 33.3. The molecule has 3 amide bonds. The van der Waals surface area contributed by atoms with Gasteiger partial charge in [-0.15, -0.1) is 0 Å². The van der Waals surface area contributed by atoms with E-state index in [0.717, 1.165) is 10.5 Å². The largest absolute Gasteiger partial charge is 0.398 e. The number of carbonyl (C=O) groups is 2. The highest BCUT2D eigenvalue weighted by Gasteiger charge is 2.59. The van der Waals surface area contributed by atoms with Crippen LogP contribution in [-0.4, -0.2) is 39.6 Å². The van der Waals surface area contributed by atoms with Gasteiger partial charge in [0, 0.05) is 18.8 Å². The van der Waals surface area contributed by atoms with Gasteiger partial charge < -0.3 is 10.2 Å². The highest BCUT2D eigenvalue weighted by atomic mass is 19.4. The minimum absolute atomic E-state index is 0.0534. The number of benzene rings is 1. The molecule has 1 saturated carbocycles. The summed E-state index contributed by atoms with van der Waals surface area (Å²) in [6.07, 6.45) is -2.06. The number of aromatic nitrogens is 1. The molecule has 34 heavy (non-hydrogen) atoms. The number of hydrogen-bond acceptors (Lipinski definition) is 4. The number of nitrogens with zero attached hydrogens (tertiary/aromatic N) is 3. The molecule has 0 radical (unpaired) electrons. The number of anilines is 2. The Bertz CT molecular complexity index is 1090. The summed E-state index contributed by atoms with van der Waals surface area (Å²) < 4.78 is 41.1. The third-order valence-corrected chi connectivity index (χ3v) is 6.85. The van der Waals surface area contributed by atoms with E-state index in [1.54, 1.807) is 26.1 Å². The van der Waals surface area contributed by atoms with Crippen LogP contribution in [0.4, 0.5) is 29.5 Å². The van der Waals surface area contributed by atoms with Crippen molar-refractivity contribution in [3.05, 3.63) is 53.7 Å². The molecule has 1 aromatic heterocycles. The second kappa shape index (κ2) is 8.29. The summed E-state index contributed by atoms with van der Waals surface area (Å²) >= 11 is 0. The molecule has 1 aromatic carbocycles. The fourth-order valence-corrected chi connectivity index (χ4v) is 4.65. The molecule has 6 nitrogen and oxygen atoms in total. The van der Waals surface area contributed by atoms with Crippen molar-refractivity contribution in [1.29, 1.82) is 0 Å². The third-order valence-electron chi connectivity index (χ3n) is 6.85. The molecule has 2 aromatic rings. The molecule has 2 heterocycles. The highest BCUT2D eigenvalue weighted by molar-refractivity contribution is 6.22. The summed E-state index contributed by atoms with van der Waals surface area (Å²) in [5.74, 6) is 0.249. The monoisotopic (exact) mass is 474 g/mol. The van der Waals surface area contributed by atoms with Crippen molar-refractivity contribution in [3.8, 4) is 0 Å². The number of amides is 3. The van der Waals surface area contributed by atoms with Gasteiger partial charge in [-0.25, -0.2) is 14.7 Å². The Labute approximate surface area is 197 Å². The Morgan fingerprint density at radius 2 is 1.74 bits per heavy atom. The molecule has 0 bridgehead atoms. The number of urea groups is 1. The van der Waals surface area contributed by atoms with Crippen LogP contribution in [0.3, 0.4) is 0 Å². The van der Waals surface area contributed by atoms with Crippen LogP contribution >= 0.6 is 0 Å². The molecule has 182 valence electrons. The number of pyridine rings is 1. The summed E-state index contributed by atoms with van der Waals surface area (Å²) in [5, 5.41) is 3.21. The number of rotatable bonds is 6. The maximum absolute atomic E-state index is 13.7. The number of alkyl halides is 3. The molecule has 0 spiro atoms. The van der Waals surface area contributed by atoms with Crippen LogP contribution in [0.1, 0.15) is 58.1 Å². The van der Waals surface area contributed by atoms with Gasteiger partial charge in [0.25, 0.3) is 5.91 Å². The van der Waals surface area contributed by atoms with Crippen LogP contribution in [0.15, 0.2) is 42.6 Å². The summed E-state index contributed by atoms with van der Waals surface area (Å²) in [6.45, 7) is 7.51. The van der Waals surface area contributed by atoms with Crippen LogP contribution in [-0.2, 0) is 16.8 Å². The molecule has 0 atom stereocenters. The second-order valence-corrected chi connectivity index (χ2v) is 9.90. The number of hydrogen-bond donors (Lipinski definition) is 1. The molecule has 9 heteroatoms. The minimum Gasteiger partial charge on any atom is -0.368 e. The van der Waals surface area contributed by atoms with Crippen LogP contribution in [0.5, 0.6) is 0 Å². The van der Waals surface area contributed by atoms with Gasteiger partial charge in [0.05, 0.1) is 11.1 Å². The van der Waals surface area contributed by atoms with Crippen molar-refractivity contribution in [2.24, 2.45) is 0 Å². The van der Waals surface area contributed by atoms with Crippen LogP contribution < -0.4 is 10.2 Å². The first kappa shape index (κ1) is 24.0. The number of carbonyl (C=O) groups excluding carboxylic acids is 2. The van der Waals surface area contributed by atoms with E-state index in [2.05, 4.69) is 10.3 Å². The SMILES string of the molecule is CC(C)Nc1cc(CN2C(=O)N(c3ccc(C4(C(F)(F)F)CCC4)cc3)C(=O)C2(C)C)ccn1. The van der Waals surface area contributed by atoms with Crippen molar-refractivity contribution < 1.29 is 22.8 Å². The molecule has 4 rings (SSSR count). The van der Waals surface area contributed by atoms with Gasteiger partial charge >= 0.3 is 12.2 Å². The van der Waals surface area contributed by atoms with E-state index in [4.69, 9.17) is 0 Å². The molecule has 1 N–H and O–H groups in total. The van der Waals surface area contributed by atoms with E-state index in [1.165, 1.54) is 29.2 Å². The lowest BCUT2D eigenvalue weighted by molar-refractivity contribution is -0.212. The topological polar surface area (TPSA) is 65.5 Å². The Balaban J connectivity index is 1.59. The molecular weight excluding hydrogens is 445 g/mol. The maximum Gasteiger partial charge on any atom is 0.398 e. The molecule has 2 aliphatic rings. The quantitative estimate of drug-likeness (QED) is 0.551. The number of nitrogens with one attached hydrogen (secondary N) is 1. The predicted octanol–water partition coefficient (Wildman–Crippen LogP) is 5.63. The smallest absolute Gasteiger partial charge is 0.368 e. The van der Waals surface area contributed by atoms with Crippen molar-refractivity contribution in [1.82, 2.24) is 9.88 Å². The number of imide groups is 1. The van der Waals surface area contributed by atoms with Gasteiger partial charge in [0.1, 0.15) is 11.4 Å². The predicted molar refractivity (Wildman–Crippen MR) is 124 cm³/mol. The molecule has 1 saturated heterocycles. The zero-order chi connectivity index (χ0) is 24.9. The third kappa shape index (κ3) is 3.91. The van der Waals surface area contributed by atoms with Gasteiger partial charge in [0.15, 0.2) is 0 Å². The van der Waals surface area contributed by atoms with Gasteiger partial charge in [0.2, 0.25) is 0 Å². The molecule has 1 aliphatic carbocycles. The first-order valence-corrected chi connectivity index (χ1v) is 11.4. The standard InChI is InChI=1S/C25H29F3N4O2/c1-16(2)30-20-14-17(10-13-29-20)15-31-22(34)32(21(33)23(31,3)4)19-8-6-18(7-9-19)24(11-5-12-24)25(26,27)28/h6-10,13-14,16H,5,11-12,15H2,1-4H3,(H,29,30). The van der Waals surface area contributed by atoms with E-state index < -0.39 is 29.1 Å². The fraction of sp³-hybridized carbons (Fsp3) is 0.480. The summed E-state index contributed by atoms with van der Waals surface area (Å²) in [7, 11) is 0. The molecular formula is C25H29F3N4O2. The van der Waals surface area contributed by atoms with Crippen molar-refractivity contribution in [3.63, 3.8) is 0 Å². The van der Waals surface area contributed by atoms with Gasteiger partial charge in [-0.3, -0.25) is 4.79 Å². The average Bonchev–Trinajstić information content (AvgIpc) is 2.86.